The molecule has 0 saturated heterocycles. The highest BCUT2D eigenvalue weighted by Gasteiger charge is 2.30. The molecule has 13 heavy (non-hydrogen) atoms. The van der Waals surface area contributed by atoms with Crippen LogP contribution in [0.5, 0.6) is 0 Å². The Balaban J connectivity index is 4.60. The average molecular weight is 191 g/mol. The summed E-state index contributed by atoms with van der Waals surface area (Å²) < 4.78 is 36.3. The lowest BCUT2D eigenvalue weighted by atomic mass is 10.2. The van der Waals surface area contributed by atoms with Gasteiger partial charge in [-0.2, -0.15) is 13.2 Å². The van der Waals surface area contributed by atoms with Gasteiger partial charge in [-0.15, -0.1) is 0 Å². The largest absolute Gasteiger partial charge is 0.416 e. The van der Waals surface area contributed by atoms with Crippen LogP contribution in [0.3, 0.4) is 0 Å². The Morgan fingerprint density at radius 2 is 1.62 bits per heavy atom. The third-order valence-electron chi connectivity index (χ3n) is 1.43. The second-order valence-electron chi connectivity index (χ2n) is 2.36. The van der Waals surface area contributed by atoms with Crippen LogP contribution in [0.25, 0.3) is 0 Å². The monoisotopic (exact) mass is 191 g/mol. The SMILES string of the molecule is C\C=C(N)/C=C\C(=C/C)C(F)(F)F. The summed E-state index contributed by atoms with van der Waals surface area (Å²) in [5.41, 5.74) is 4.91. The fraction of sp³-hybridized carbons (Fsp3) is 0.333. The minimum atomic E-state index is -4.31. The fourth-order valence-corrected chi connectivity index (χ4v) is 0.637. The third-order valence-corrected chi connectivity index (χ3v) is 1.43. The lowest BCUT2D eigenvalue weighted by Crippen LogP contribution is -2.09. The molecule has 0 unspecified atom stereocenters. The van der Waals surface area contributed by atoms with Gasteiger partial charge in [0, 0.05) is 5.70 Å². The molecule has 0 aromatic rings. The molecule has 0 spiro atoms. The van der Waals surface area contributed by atoms with E-state index in [-0.39, 0.29) is 0 Å². The highest BCUT2D eigenvalue weighted by atomic mass is 19.4. The van der Waals surface area contributed by atoms with Crippen molar-refractivity contribution in [2.24, 2.45) is 5.73 Å². The number of nitrogens with two attached hydrogens (primary N) is 1. The molecule has 0 amide bonds. The van der Waals surface area contributed by atoms with E-state index in [0.29, 0.717) is 5.70 Å². The van der Waals surface area contributed by atoms with Crippen LogP contribution >= 0.6 is 0 Å². The maximum absolute atomic E-state index is 12.1. The average Bonchev–Trinajstić information content (AvgIpc) is 2.02. The fourth-order valence-electron chi connectivity index (χ4n) is 0.637. The van der Waals surface area contributed by atoms with Crippen molar-refractivity contribution in [2.45, 2.75) is 20.0 Å². The minimum absolute atomic E-state index is 0.309. The van der Waals surface area contributed by atoms with Crippen molar-refractivity contribution in [3.05, 3.63) is 35.6 Å². The van der Waals surface area contributed by atoms with Crippen LogP contribution < -0.4 is 5.73 Å². The predicted octanol–water partition coefficient (Wildman–Crippen LogP) is 2.91. The van der Waals surface area contributed by atoms with Gasteiger partial charge < -0.3 is 5.73 Å². The smallest absolute Gasteiger partial charge is 0.399 e. The molecule has 0 aliphatic heterocycles. The molecule has 0 atom stereocenters. The summed E-state index contributed by atoms with van der Waals surface area (Å²) in [6.45, 7) is 2.99. The van der Waals surface area contributed by atoms with E-state index < -0.39 is 11.7 Å². The molecule has 0 fully saturated rings. The normalized spacial score (nSPS) is 15.5. The molecule has 74 valence electrons. The summed E-state index contributed by atoms with van der Waals surface area (Å²) in [6, 6.07) is 0. The van der Waals surface area contributed by atoms with Crippen molar-refractivity contribution in [3.8, 4) is 0 Å². The molecule has 4 heteroatoms. The maximum Gasteiger partial charge on any atom is 0.416 e. The summed E-state index contributed by atoms with van der Waals surface area (Å²) in [7, 11) is 0. The molecule has 0 rings (SSSR count). The Hall–Kier alpha value is -1.19. The molecule has 0 saturated carbocycles. The number of hydrogen-bond acceptors (Lipinski definition) is 1. The lowest BCUT2D eigenvalue weighted by molar-refractivity contribution is -0.0883. The van der Waals surface area contributed by atoms with Crippen LogP contribution in [0.15, 0.2) is 35.6 Å². The second-order valence-corrected chi connectivity index (χ2v) is 2.36. The molecule has 2 N–H and O–H groups in total. The van der Waals surface area contributed by atoms with E-state index in [4.69, 9.17) is 5.73 Å². The summed E-state index contributed by atoms with van der Waals surface area (Å²) in [5.74, 6) is 0. The van der Waals surface area contributed by atoms with Crippen molar-refractivity contribution < 1.29 is 13.2 Å². The van der Waals surface area contributed by atoms with E-state index in [1.165, 1.54) is 19.1 Å². The van der Waals surface area contributed by atoms with Crippen molar-refractivity contribution >= 4 is 0 Å². The van der Waals surface area contributed by atoms with Crippen molar-refractivity contribution in [1.82, 2.24) is 0 Å². The van der Waals surface area contributed by atoms with Gasteiger partial charge in [0.25, 0.3) is 0 Å². The molecule has 0 bridgehead atoms. The van der Waals surface area contributed by atoms with E-state index in [1.54, 1.807) is 6.92 Å². The second kappa shape index (κ2) is 4.74. The number of hydrogen-bond donors (Lipinski definition) is 1. The molecule has 0 heterocycles. The standard InChI is InChI=1S/C9H12F3N/c1-3-7(9(10,11)12)5-6-8(13)4-2/h3-6H,13H2,1-2H3/b6-5-,7-3+,8-4+. The molecule has 0 aliphatic carbocycles. The summed E-state index contributed by atoms with van der Waals surface area (Å²) in [4.78, 5) is 0. The van der Waals surface area contributed by atoms with E-state index in [1.807, 2.05) is 0 Å². The van der Waals surface area contributed by atoms with Crippen LogP contribution in [0.2, 0.25) is 0 Å². The first-order chi connectivity index (χ1) is 5.91. The van der Waals surface area contributed by atoms with Crippen LogP contribution in [-0.4, -0.2) is 6.18 Å². The summed E-state index contributed by atoms with van der Waals surface area (Å²) in [5, 5.41) is 0. The van der Waals surface area contributed by atoms with Crippen LogP contribution in [-0.2, 0) is 0 Å². The first-order valence-electron chi connectivity index (χ1n) is 3.75. The Morgan fingerprint density at radius 1 is 1.08 bits per heavy atom. The first kappa shape index (κ1) is 11.8. The highest BCUT2D eigenvalue weighted by Crippen LogP contribution is 2.26. The first-order valence-corrected chi connectivity index (χ1v) is 3.75. The molecule has 0 aromatic heterocycles. The quantitative estimate of drug-likeness (QED) is 0.667. The topological polar surface area (TPSA) is 26.0 Å². The molecule has 0 aromatic carbocycles. The summed E-state index contributed by atoms with van der Waals surface area (Å²) >= 11 is 0. The van der Waals surface area contributed by atoms with Crippen LogP contribution in [0.1, 0.15) is 13.8 Å². The highest BCUT2D eigenvalue weighted by molar-refractivity contribution is 5.28. The summed E-state index contributed by atoms with van der Waals surface area (Å²) in [6.07, 6.45) is 0.400. The Labute approximate surface area is 75.4 Å². The van der Waals surface area contributed by atoms with Crippen molar-refractivity contribution in [1.29, 1.82) is 0 Å². The van der Waals surface area contributed by atoms with Crippen LogP contribution in [0.4, 0.5) is 13.2 Å². The Morgan fingerprint density at radius 3 is 1.92 bits per heavy atom. The van der Waals surface area contributed by atoms with Gasteiger partial charge in [-0.05, 0) is 26.0 Å². The molecule has 1 nitrogen and oxygen atoms in total. The lowest BCUT2D eigenvalue weighted by Gasteiger charge is -2.05. The maximum atomic E-state index is 12.1. The van der Waals surface area contributed by atoms with Gasteiger partial charge in [-0.3, -0.25) is 0 Å². The number of allylic oxidation sites excluding steroid dienone is 5. The predicted molar refractivity (Wildman–Crippen MR) is 46.9 cm³/mol. The van der Waals surface area contributed by atoms with Gasteiger partial charge in [0.2, 0.25) is 0 Å². The van der Waals surface area contributed by atoms with Crippen LogP contribution in [0, 0.1) is 0 Å². The molecule has 0 aliphatic rings. The van der Waals surface area contributed by atoms with Crippen molar-refractivity contribution in [3.63, 3.8) is 0 Å². The Kier molecular flexibility index (Phi) is 4.31. The zero-order chi connectivity index (χ0) is 10.5. The van der Waals surface area contributed by atoms with Gasteiger partial charge >= 0.3 is 6.18 Å². The number of halogens is 3. The molecule has 0 radical (unpaired) electrons. The zero-order valence-electron chi connectivity index (χ0n) is 7.52. The number of rotatable bonds is 2. The van der Waals surface area contributed by atoms with Gasteiger partial charge in [0.1, 0.15) is 0 Å². The van der Waals surface area contributed by atoms with Gasteiger partial charge in [-0.1, -0.05) is 12.2 Å². The van der Waals surface area contributed by atoms with E-state index in [9.17, 15) is 13.2 Å². The Bertz CT molecular complexity index is 246. The van der Waals surface area contributed by atoms with E-state index >= 15 is 0 Å². The van der Waals surface area contributed by atoms with Gasteiger partial charge in [0.15, 0.2) is 0 Å². The molecular formula is C9H12F3N. The van der Waals surface area contributed by atoms with E-state index in [0.717, 1.165) is 12.2 Å². The third kappa shape index (κ3) is 4.40. The van der Waals surface area contributed by atoms with Gasteiger partial charge in [-0.25, -0.2) is 0 Å². The number of alkyl halides is 3. The van der Waals surface area contributed by atoms with Crippen molar-refractivity contribution in [2.75, 3.05) is 0 Å². The minimum Gasteiger partial charge on any atom is -0.399 e. The van der Waals surface area contributed by atoms with Gasteiger partial charge in [0.05, 0.1) is 5.57 Å². The molecular weight excluding hydrogens is 179 g/mol. The van der Waals surface area contributed by atoms with E-state index in [2.05, 4.69) is 0 Å². The zero-order valence-corrected chi connectivity index (χ0v) is 7.52.